The summed E-state index contributed by atoms with van der Waals surface area (Å²) >= 11 is 0. The van der Waals surface area contributed by atoms with Gasteiger partial charge in [-0.2, -0.15) is 0 Å². The fraction of sp³-hybridized carbons (Fsp3) is 0.0500. The Kier molecular flexibility index (Phi) is 3.65. The van der Waals surface area contributed by atoms with E-state index in [1.165, 1.54) is 0 Å². The van der Waals surface area contributed by atoms with Crippen LogP contribution in [0.5, 0.6) is 23.0 Å². The molecule has 3 aromatic carbocycles. The third kappa shape index (κ3) is 2.39. The fourth-order valence-corrected chi connectivity index (χ4v) is 3.03. The molecule has 1 aromatic heterocycles. The molecule has 0 unspecified atom stereocenters. The van der Waals surface area contributed by atoms with Crippen LogP contribution in [0.3, 0.4) is 0 Å². The van der Waals surface area contributed by atoms with E-state index in [0.717, 1.165) is 11.1 Å². The van der Waals surface area contributed by atoms with Crippen LogP contribution >= 0.6 is 0 Å². The van der Waals surface area contributed by atoms with Crippen molar-refractivity contribution in [3.63, 3.8) is 0 Å². The van der Waals surface area contributed by atoms with Gasteiger partial charge >= 0.3 is 0 Å². The van der Waals surface area contributed by atoms with Gasteiger partial charge in [0.15, 0.2) is 11.5 Å². The first-order chi connectivity index (χ1) is 12.6. The lowest BCUT2D eigenvalue weighted by molar-refractivity contribution is 0.350. The highest BCUT2D eigenvalue weighted by atomic mass is 16.3. The smallest absolute Gasteiger partial charge is 0.206 e. The number of imidazole rings is 1. The summed E-state index contributed by atoms with van der Waals surface area (Å²) < 4.78 is 1.70. The Balaban J connectivity index is 2.05. The first-order valence-corrected chi connectivity index (χ1v) is 8.03. The molecular weight excluding hydrogens is 332 g/mol. The Morgan fingerprint density at radius 2 is 1.27 bits per heavy atom. The van der Waals surface area contributed by atoms with E-state index in [1.807, 2.05) is 60.7 Å². The minimum Gasteiger partial charge on any atom is -0.503 e. The number of benzene rings is 3. The summed E-state index contributed by atoms with van der Waals surface area (Å²) in [5, 5.41) is 40.4. The van der Waals surface area contributed by atoms with Crippen LogP contribution in [-0.4, -0.2) is 30.0 Å². The Bertz CT molecular complexity index is 1090. The van der Waals surface area contributed by atoms with Gasteiger partial charge in [-0.3, -0.25) is 0 Å². The lowest BCUT2D eigenvalue weighted by Crippen LogP contribution is -2.02. The third-order valence-corrected chi connectivity index (χ3v) is 4.30. The molecule has 0 fully saturated rings. The summed E-state index contributed by atoms with van der Waals surface area (Å²) in [6.45, 7) is 0.360. The predicted molar refractivity (Wildman–Crippen MR) is 97.4 cm³/mol. The summed E-state index contributed by atoms with van der Waals surface area (Å²) in [6, 6.07) is 18.9. The lowest BCUT2D eigenvalue weighted by Gasteiger charge is -2.11. The van der Waals surface area contributed by atoms with Crippen molar-refractivity contribution in [2.75, 3.05) is 0 Å². The molecule has 4 aromatic rings. The Morgan fingerprint density at radius 1 is 0.692 bits per heavy atom. The number of nitrogens with zero attached hydrogens (tertiary/aromatic N) is 2. The summed E-state index contributed by atoms with van der Waals surface area (Å²) in [4.78, 5) is 4.42. The molecule has 0 aliphatic rings. The van der Waals surface area contributed by atoms with Crippen molar-refractivity contribution in [3.8, 4) is 34.4 Å². The Morgan fingerprint density at radius 3 is 1.92 bits per heavy atom. The molecular formula is C20H16N2O4. The zero-order valence-corrected chi connectivity index (χ0v) is 13.7. The van der Waals surface area contributed by atoms with Gasteiger partial charge in [0.05, 0.1) is 0 Å². The first kappa shape index (κ1) is 15.8. The molecule has 0 spiro atoms. The molecule has 4 rings (SSSR count). The van der Waals surface area contributed by atoms with Gasteiger partial charge in [0.1, 0.15) is 16.9 Å². The largest absolute Gasteiger partial charge is 0.503 e. The van der Waals surface area contributed by atoms with Gasteiger partial charge in [-0.25, -0.2) is 4.98 Å². The van der Waals surface area contributed by atoms with Gasteiger partial charge in [0.25, 0.3) is 0 Å². The van der Waals surface area contributed by atoms with Gasteiger partial charge in [0, 0.05) is 12.1 Å². The van der Waals surface area contributed by atoms with Crippen LogP contribution in [0.15, 0.2) is 60.7 Å². The number of phenolic OH excluding ortho intramolecular Hbond substituents is 4. The maximum atomic E-state index is 10.4. The van der Waals surface area contributed by atoms with Crippen molar-refractivity contribution in [3.05, 3.63) is 66.2 Å². The summed E-state index contributed by atoms with van der Waals surface area (Å²) in [7, 11) is 0. The molecule has 6 nitrogen and oxygen atoms in total. The van der Waals surface area contributed by atoms with Gasteiger partial charge in [0.2, 0.25) is 11.5 Å². The average molecular weight is 348 g/mol. The van der Waals surface area contributed by atoms with E-state index in [2.05, 4.69) is 4.98 Å². The highest BCUT2D eigenvalue weighted by molar-refractivity contribution is 5.95. The van der Waals surface area contributed by atoms with E-state index in [4.69, 9.17) is 0 Å². The summed E-state index contributed by atoms with van der Waals surface area (Å²) in [6.07, 6.45) is 0. The molecule has 0 bridgehead atoms. The molecule has 0 amide bonds. The van der Waals surface area contributed by atoms with Crippen LogP contribution in [0.2, 0.25) is 0 Å². The van der Waals surface area contributed by atoms with Crippen molar-refractivity contribution >= 4 is 11.0 Å². The number of aromatic nitrogens is 2. The van der Waals surface area contributed by atoms with Gasteiger partial charge in [-0.1, -0.05) is 60.7 Å². The highest BCUT2D eigenvalue weighted by Gasteiger charge is 2.25. The number of phenols is 4. The zero-order valence-electron chi connectivity index (χ0n) is 13.7. The molecule has 0 aliphatic carbocycles. The second-order valence-corrected chi connectivity index (χ2v) is 5.96. The molecule has 0 aliphatic heterocycles. The van der Waals surface area contributed by atoms with Gasteiger partial charge in [-0.05, 0) is 5.56 Å². The van der Waals surface area contributed by atoms with Crippen LogP contribution in [0.25, 0.3) is 22.4 Å². The molecule has 1 heterocycles. The van der Waals surface area contributed by atoms with Crippen molar-refractivity contribution < 1.29 is 20.4 Å². The minimum atomic E-state index is -0.793. The number of aromatic hydroxyl groups is 4. The molecule has 0 atom stereocenters. The zero-order chi connectivity index (χ0) is 18.3. The molecule has 0 radical (unpaired) electrons. The van der Waals surface area contributed by atoms with E-state index < -0.39 is 23.0 Å². The molecule has 0 saturated heterocycles. The minimum absolute atomic E-state index is 0.0209. The highest BCUT2D eigenvalue weighted by Crippen LogP contribution is 2.49. The second kappa shape index (κ2) is 6.00. The van der Waals surface area contributed by atoms with Crippen molar-refractivity contribution in [2.45, 2.75) is 6.54 Å². The lowest BCUT2D eigenvalue weighted by atomic mass is 10.2. The van der Waals surface area contributed by atoms with Crippen molar-refractivity contribution in [2.24, 2.45) is 0 Å². The maximum absolute atomic E-state index is 10.4. The van der Waals surface area contributed by atoms with E-state index >= 15 is 0 Å². The van der Waals surface area contributed by atoms with Crippen LogP contribution in [0.1, 0.15) is 5.56 Å². The van der Waals surface area contributed by atoms with E-state index in [-0.39, 0.29) is 11.0 Å². The second-order valence-electron chi connectivity index (χ2n) is 5.96. The van der Waals surface area contributed by atoms with E-state index in [1.54, 1.807) is 4.57 Å². The fourth-order valence-electron chi connectivity index (χ4n) is 3.03. The molecule has 130 valence electrons. The number of hydrogen-bond donors (Lipinski definition) is 4. The van der Waals surface area contributed by atoms with Crippen molar-refractivity contribution in [1.29, 1.82) is 0 Å². The standard InChI is InChI=1S/C20H16N2O4/c23-16-14-15(17(24)19(26)18(16)25)22(11-12-7-3-1-4-8-12)20(21-14)13-9-5-2-6-10-13/h1-10,23-26H,11H2. The summed E-state index contributed by atoms with van der Waals surface area (Å²) in [5.41, 5.74) is 1.90. The SMILES string of the molecule is Oc1c(O)c(O)c2c(nc(-c3ccccc3)n2Cc2ccccc2)c1O. The van der Waals surface area contributed by atoms with E-state index in [9.17, 15) is 20.4 Å². The molecule has 0 saturated carbocycles. The molecule has 4 N–H and O–H groups in total. The molecule has 6 heteroatoms. The number of hydrogen-bond acceptors (Lipinski definition) is 5. The van der Waals surface area contributed by atoms with E-state index in [0.29, 0.717) is 12.4 Å². The quantitative estimate of drug-likeness (QED) is 0.335. The van der Waals surface area contributed by atoms with Gasteiger partial charge < -0.3 is 25.0 Å². The van der Waals surface area contributed by atoms with Crippen molar-refractivity contribution in [1.82, 2.24) is 9.55 Å². The normalized spacial score (nSPS) is 11.1. The van der Waals surface area contributed by atoms with Crippen LogP contribution < -0.4 is 0 Å². The third-order valence-electron chi connectivity index (χ3n) is 4.30. The Labute approximate surface area is 148 Å². The van der Waals surface area contributed by atoms with Crippen LogP contribution in [0.4, 0.5) is 0 Å². The number of fused-ring (bicyclic) bond motifs is 1. The van der Waals surface area contributed by atoms with Gasteiger partial charge in [-0.15, -0.1) is 0 Å². The monoisotopic (exact) mass is 348 g/mol. The molecule has 26 heavy (non-hydrogen) atoms. The summed E-state index contributed by atoms with van der Waals surface area (Å²) in [5.74, 6) is -2.16. The average Bonchev–Trinajstić information content (AvgIpc) is 3.05. The topological polar surface area (TPSA) is 98.7 Å². The Hall–Kier alpha value is -3.67. The maximum Gasteiger partial charge on any atom is 0.206 e. The van der Waals surface area contributed by atoms with Crippen LogP contribution in [0, 0.1) is 0 Å². The predicted octanol–water partition coefficient (Wildman–Crippen LogP) is 3.57. The number of rotatable bonds is 3. The first-order valence-electron chi connectivity index (χ1n) is 8.03. The van der Waals surface area contributed by atoms with Crippen LogP contribution in [-0.2, 0) is 6.54 Å².